The molecule has 6 rings (SSSR count). The normalized spacial score (nSPS) is 20.0. The zero-order valence-electron chi connectivity index (χ0n) is 20.6. The molecule has 1 N–H and O–H groups in total. The number of anilines is 2. The summed E-state index contributed by atoms with van der Waals surface area (Å²) in [6.07, 6.45) is 7.84. The molecular weight excluding hydrogens is 493 g/mol. The van der Waals surface area contributed by atoms with Crippen LogP contribution in [0.4, 0.5) is 16.0 Å². The van der Waals surface area contributed by atoms with Crippen LogP contribution >= 0.6 is 11.6 Å². The summed E-state index contributed by atoms with van der Waals surface area (Å²) in [4.78, 5) is 11.6. The summed E-state index contributed by atoms with van der Waals surface area (Å²) in [6.45, 7) is 3.09. The van der Waals surface area contributed by atoms with E-state index in [0.29, 0.717) is 22.9 Å². The number of halogens is 2. The maximum absolute atomic E-state index is 13.7. The van der Waals surface area contributed by atoms with Gasteiger partial charge in [0.15, 0.2) is 0 Å². The number of methoxy groups -OCH3 is 1. The second kappa shape index (κ2) is 10.1. The van der Waals surface area contributed by atoms with Crippen molar-refractivity contribution in [3.05, 3.63) is 77.3 Å². The van der Waals surface area contributed by atoms with Gasteiger partial charge in [0.25, 0.3) is 0 Å². The SMILES string of the molecule is COc1cc(Nc2nc3n(n2)CCC(N2CCCC2)CC3c2ccc(F)cc2)ccc1-n1cnc(Cl)c1. The van der Waals surface area contributed by atoms with Crippen molar-refractivity contribution in [3.63, 3.8) is 0 Å². The third kappa shape index (κ3) is 4.93. The highest BCUT2D eigenvalue weighted by molar-refractivity contribution is 6.29. The molecule has 2 atom stereocenters. The van der Waals surface area contributed by atoms with E-state index in [1.54, 1.807) is 19.6 Å². The first-order chi connectivity index (χ1) is 18.1. The highest BCUT2D eigenvalue weighted by atomic mass is 35.5. The minimum Gasteiger partial charge on any atom is -0.494 e. The van der Waals surface area contributed by atoms with Crippen LogP contribution in [0.3, 0.4) is 0 Å². The Bertz CT molecular complexity index is 1380. The van der Waals surface area contributed by atoms with Crippen LogP contribution in [-0.2, 0) is 6.54 Å². The van der Waals surface area contributed by atoms with Crippen molar-refractivity contribution in [2.24, 2.45) is 0 Å². The molecular formula is C27H29ClFN7O. The Kier molecular flexibility index (Phi) is 6.56. The highest BCUT2D eigenvalue weighted by Crippen LogP contribution is 2.36. The van der Waals surface area contributed by atoms with Gasteiger partial charge in [0.05, 0.1) is 12.8 Å². The van der Waals surface area contributed by atoms with Crippen LogP contribution in [0.25, 0.3) is 5.69 Å². The maximum atomic E-state index is 13.7. The van der Waals surface area contributed by atoms with E-state index in [4.69, 9.17) is 26.4 Å². The molecule has 2 aliphatic heterocycles. The minimum absolute atomic E-state index is 0.0413. The molecule has 0 bridgehead atoms. The van der Waals surface area contributed by atoms with Crippen LogP contribution < -0.4 is 10.1 Å². The van der Waals surface area contributed by atoms with E-state index in [2.05, 4.69) is 15.2 Å². The number of rotatable bonds is 6. The summed E-state index contributed by atoms with van der Waals surface area (Å²) in [7, 11) is 1.63. The van der Waals surface area contributed by atoms with Gasteiger partial charge in [-0.1, -0.05) is 23.7 Å². The number of likely N-dealkylation sites (tertiary alicyclic amines) is 1. The summed E-state index contributed by atoms with van der Waals surface area (Å²) < 4.78 is 23.2. The van der Waals surface area contributed by atoms with Gasteiger partial charge >= 0.3 is 0 Å². The molecule has 37 heavy (non-hydrogen) atoms. The number of nitrogens with one attached hydrogen (secondary N) is 1. The number of fused-ring (bicyclic) bond motifs is 1. The number of aromatic nitrogens is 5. The molecule has 192 valence electrons. The molecule has 4 heterocycles. The Morgan fingerprint density at radius 3 is 2.62 bits per heavy atom. The molecule has 1 fully saturated rings. The lowest BCUT2D eigenvalue weighted by molar-refractivity contribution is 0.213. The van der Waals surface area contributed by atoms with E-state index >= 15 is 0 Å². The zero-order chi connectivity index (χ0) is 25.4. The molecule has 0 amide bonds. The third-order valence-electron chi connectivity index (χ3n) is 7.39. The Labute approximate surface area is 220 Å². The van der Waals surface area contributed by atoms with E-state index in [9.17, 15) is 4.39 Å². The summed E-state index contributed by atoms with van der Waals surface area (Å²) in [6, 6.07) is 13.1. The average Bonchev–Trinajstić information content (AvgIpc) is 3.65. The Hall–Kier alpha value is -3.43. The number of ether oxygens (including phenoxy) is 1. The van der Waals surface area contributed by atoms with Crippen molar-refractivity contribution in [1.82, 2.24) is 29.2 Å². The number of hydrogen-bond acceptors (Lipinski definition) is 6. The quantitative estimate of drug-likeness (QED) is 0.366. The van der Waals surface area contributed by atoms with Gasteiger partial charge in [0.1, 0.15) is 28.9 Å². The van der Waals surface area contributed by atoms with Gasteiger partial charge < -0.3 is 19.5 Å². The topological polar surface area (TPSA) is 73.0 Å². The molecule has 0 spiro atoms. The van der Waals surface area contributed by atoms with Crippen LogP contribution in [0, 0.1) is 5.82 Å². The van der Waals surface area contributed by atoms with Crippen molar-refractivity contribution in [3.8, 4) is 11.4 Å². The van der Waals surface area contributed by atoms with Crippen molar-refractivity contribution < 1.29 is 9.13 Å². The van der Waals surface area contributed by atoms with E-state index in [0.717, 1.165) is 55.2 Å². The van der Waals surface area contributed by atoms with Crippen molar-refractivity contribution in [2.45, 2.75) is 44.2 Å². The number of aryl methyl sites for hydroxylation is 1. The van der Waals surface area contributed by atoms with Crippen LogP contribution in [0.2, 0.25) is 5.15 Å². The third-order valence-corrected chi connectivity index (χ3v) is 7.58. The van der Waals surface area contributed by atoms with Gasteiger partial charge in [-0.2, -0.15) is 4.98 Å². The Morgan fingerprint density at radius 2 is 1.89 bits per heavy atom. The van der Waals surface area contributed by atoms with E-state index in [1.807, 2.05) is 39.6 Å². The summed E-state index contributed by atoms with van der Waals surface area (Å²) >= 11 is 5.99. The first-order valence-corrected chi connectivity index (χ1v) is 13.0. The van der Waals surface area contributed by atoms with Crippen LogP contribution in [-0.4, -0.2) is 55.5 Å². The number of benzene rings is 2. The van der Waals surface area contributed by atoms with Crippen LogP contribution in [0.1, 0.15) is 43.0 Å². The molecule has 2 aliphatic rings. The number of imidazole rings is 1. The smallest absolute Gasteiger partial charge is 0.246 e. The Morgan fingerprint density at radius 1 is 1.08 bits per heavy atom. The predicted molar refractivity (Wildman–Crippen MR) is 141 cm³/mol. The monoisotopic (exact) mass is 521 g/mol. The summed E-state index contributed by atoms with van der Waals surface area (Å²) in [5, 5.41) is 8.58. The molecule has 8 nitrogen and oxygen atoms in total. The van der Waals surface area contributed by atoms with Gasteiger partial charge in [0.2, 0.25) is 5.95 Å². The van der Waals surface area contributed by atoms with Crippen molar-refractivity contribution in [1.29, 1.82) is 0 Å². The number of nitrogens with zero attached hydrogens (tertiary/aromatic N) is 6. The lowest BCUT2D eigenvalue weighted by atomic mass is 9.90. The fraction of sp³-hybridized carbons (Fsp3) is 0.370. The molecule has 4 aromatic rings. The van der Waals surface area contributed by atoms with E-state index in [1.165, 1.54) is 25.0 Å². The average molecular weight is 522 g/mol. The molecule has 2 aromatic heterocycles. The first-order valence-electron chi connectivity index (χ1n) is 12.7. The van der Waals surface area contributed by atoms with Gasteiger partial charge in [-0.25, -0.2) is 14.1 Å². The van der Waals surface area contributed by atoms with E-state index in [-0.39, 0.29) is 11.7 Å². The fourth-order valence-corrected chi connectivity index (χ4v) is 5.69. The summed E-state index contributed by atoms with van der Waals surface area (Å²) in [5.41, 5.74) is 2.70. The molecule has 2 aromatic carbocycles. The molecule has 1 saturated heterocycles. The maximum Gasteiger partial charge on any atom is 0.246 e. The first kappa shape index (κ1) is 23.9. The number of hydrogen-bond donors (Lipinski definition) is 1. The highest BCUT2D eigenvalue weighted by Gasteiger charge is 2.32. The second-order valence-corrected chi connectivity index (χ2v) is 10.0. The second-order valence-electron chi connectivity index (χ2n) is 9.66. The lowest BCUT2D eigenvalue weighted by Crippen LogP contribution is -2.33. The standard InChI is InChI=1S/C27H29ClFN7O/c1-37-24-14-20(8-9-23(24)35-16-25(28)30-17-35)31-27-32-26-22(18-4-6-19(29)7-5-18)15-21(10-13-36(26)33-27)34-11-2-3-12-34/h4-9,14,16-17,21-22H,2-3,10-13,15H2,1H3,(H,31,33). The largest absolute Gasteiger partial charge is 0.494 e. The Balaban J connectivity index is 1.29. The molecule has 0 radical (unpaired) electrons. The van der Waals surface area contributed by atoms with Crippen LogP contribution in [0.5, 0.6) is 5.75 Å². The van der Waals surface area contributed by atoms with Gasteiger partial charge in [-0.05, 0) is 68.6 Å². The molecule has 10 heteroatoms. The lowest BCUT2D eigenvalue weighted by Gasteiger charge is -2.28. The summed E-state index contributed by atoms with van der Waals surface area (Å²) in [5.74, 6) is 1.92. The van der Waals surface area contributed by atoms with Crippen molar-refractivity contribution >= 4 is 23.2 Å². The van der Waals surface area contributed by atoms with E-state index < -0.39 is 0 Å². The van der Waals surface area contributed by atoms with Crippen molar-refractivity contribution in [2.75, 3.05) is 25.5 Å². The zero-order valence-corrected chi connectivity index (χ0v) is 21.4. The van der Waals surface area contributed by atoms with Crippen LogP contribution in [0.15, 0.2) is 55.0 Å². The molecule has 2 unspecified atom stereocenters. The molecule has 0 aliphatic carbocycles. The molecule has 0 saturated carbocycles. The predicted octanol–water partition coefficient (Wildman–Crippen LogP) is 5.40. The fourth-order valence-electron chi connectivity index (χ4n) is 5.54. The van der Waals surface area contributed by atoms with Gasteiger partial charge in [0, 0.05) is 36.5 Å². The minimum atomic E-state index is -0.229. The van der Waals surface area contributed by atoms with Gasteiger partial charge in [-0.3, -0.25) is 0 Å². The van der Waals surface area contributed by atoms with Gasteiger partial charge in [-0.15, -0.1) is 5.10 Å².